The van der Waals surface area contributed by atoms with Crippen LogP contribution in [0.4, 0.5) is 0 Å². The molecule has 6 heteroatoms. The molecule has 0 amide bonds. The fraction of sp³-hybridized carbons (Fsp3) is 0.100. The van der Waals surface area contributed by atoms with E-state index >= 15 is 0 Å². The van der Waals surface area contributed by atoms with Gasteiger partial charge in [0.2, 0.25) is 0 Å². The summed E-state index contributed by atoms with van der Waals surface area (Å²) in [5.41, 5.74) is 0.838. The van der Waals surface area contributed by atoms with Gasteiger partial charge in [-0.3, -0.25) is 4.68 Å². The van der Waals surface area contributed by atoms with Gasteiger partial charge in [0.1, 0.15) is 0 Å². The van der Waals surface area contributed by atoms with E-state index in [-0.39, 0.29) is 4.90 Å². The van der Waals surface area contributed by atoms with Crippen LogP contribution in [0.5, 0.6) is 0 Å². The number of nitrogens with zero attached hydrogens (tertiary/aromatic N) is 2. The summed E-state index contributed by atoms with van der Waals surface area (Å²) >= 11 is 0. The van der Waals surface area contributed by atoms with Crippen LogP contribution in [0.1, 0.15) is 5.56 Å². The highest BCUT2D eigenvalue weighted by Gasteiger charge is 2.09. The molecule has 4 nitrogen and oxygen atoms in total. The van der Waals surface area contributed by atoms with E-state index in [9.17, 15) is 8.42 Å². The van der Waals surface area contributed by atoms with Crippen LogP contribution in [0.2, 0.25) is 0 Å². The molecule has 1 aromatic carbocycles. The van der Waals surface area contributed by atoms with Crippen molar-refractivity contribution in [3.05, 3.63) is 48.3 Å². The first kappa shape index (κ1) is 11.2. The summed E-state index contributed by atoms with van der Waals surface area (Å²) < 4.78 is 24.0. The van der Waals surface area contributed by atoms with E-state index in [4.69, 9.17) is 10.7 Å². The van der Waals surface area contributed by atoms with Gasteiger partial charge in [-0.2, -0.15) is 5.10 Å². The minimum Gasteiger partial charge on any atom is -0.268 e. The molecule has 0 N–H and O–H groups in total. The molecule has 0 saturated heterocycles. The Kier molecular flexibility index (Phi) is 2.98. The zero-order valence-corrected chi connectivity index (χ0v) is 9.82. The van der Waals surface area contributed by atoms with E-state index in [0.29, 0.717) is 6.54 Å². The minimum atomic E-state index is -3.66. The largest absolute Gasteiger partial charge is 0.268 e. The Labute approximate surface area is 97.9 Å². The van der Waals surface area contributed by atoms with Gasteiger partial charge < -0.3 is 0 Å². The molecule has 0 fully saturated rings. The zero-order chi connectivity index (χ0) is 11.6. The van der Waals surface area contributed by atoms with Crippen molar-refractivity contribution in [3.8, 4) is 0 Å². The quantitative estimate of drug-likeness (QED) is 0.788. The fourth-order valence-electron chi connectivity index (χ4n) is 1.38. The molecule has 0 bridgehead atoms. The molecule has 0 aliphatic carbocycles. The molecule has 0 unspecified atom stereocenters. The molecule has 0 aliphatic heterocycles. The van der Waals surface area contributed by atoms with Crippen LogP contribution in [-0.2, 0) is 15.6 Å². The lowest BCUT2D eigenvalue weighted by molar-refractivity contribution is 0.609. The van der Waals surface area contributed by atoms with Gasteiger partial charge in [-0.15, -0.1) is 0 Å². The van der Waals surface area contributed by atoms with Crippen LogP contribution < -0.4 is 0 Å². The number of aromatic nitrogens is 2. The maximum absolute atomic E-state index is 11.1. The molecule has 0 radical (unpaired) electrons. The highest BCUT2D eigenvalue weighted by atomic mass is 35.7. The number of hydrogen-bond acceptors (Lipinski definition) is 3. The van der Waals surface area contributed by atoms with Crippen molar-refractivity contribution < 1.29 is 8.42 Å². The van der Waals surface area contributed by atoms with E-state index in [1.54, 1.807) is 23.0 Å². The Morgan fingerprint density at radius 2 is 2.12 bits per heavy atom. The van der Waals surface area contributed by atoms with Crippen LogP contribution in [0.15, 0.2) is 47.6 Å². The van der Waals surface area contributed by atoms with Gasteiger partial charge in [0.25, 0.3) is 9.05 Å². The first-order valence-electron chi connectivity index (χ1n) is 4.57. The van der Waals surface area contributed by atoms with Gasteiger partial charge in [-0.25, -0.2) is 8.42 Å². The van der Waals surface area contributed by atoms with Crippen molar-refractivity contribution in [2.75, 3.05) is 0 Å². The lowest BCUT2D eigenvalue weighted by Gasteiger charge is -2.03. The molecule has 0 saturated carbocycles. The van der Waals surface area contributed by atoms with Crippen LogP contribution in [0, 0.1) is 0 Å². The van der Waals surface area contributed by atoms with Crippen molar-refractivity contribution >= 4 is 19.7 Å². The first-order chi connectivity index (χ1) is 7.55. The van der Waals surface area contributed by atoms with Crippen molar-refractivity contribution in [3.63, 3.8) is 0 Å². The third-order valence-corrected chi connectivity index (χ3v) is 3.44. The number of halogens is 1. The summed E-state index contributed by atoms with van der Waals surface area (Å²) in [7, 11) is 1.60. The summed E-state index contributed by atoms with van der Waals surface area (Å²) in [5, 5.41) is 4.04. The highest BCUT2D eigenvalue weighted by Crippen LogP contribution is 2.16. The minimum absolute atomic E-state index is 0.110. The predicted octanol–water partition coefficient (Wildman–Crippen LogP) is 1.86. The van der Waals surface area contributed by atoms with Gasteiger partial charge >= 0.3 is 0 Å². The topological polar surface area (TPSA) is 52.0 Å². The molecule has 2 aromatic rings. The number of rotatable bonds is 3. The molecule has 16 heavy (non-hydrogen) atoms. The van der Waals surface area contributed by atoms with E-state index in [2.05, 4.69) is 5.10 Å². The van der Waals surface area contributed by atoms with Gasteiger partial charge in [-0.1, -0.05) is 12.1 Å². The Morgan fingerprint density at radius 3 is 2.75 bits per heavy atom. The van der Waals surface area contributed by atoms with Crippen LogP contribution >= 0.6 is 10.7 Å². The molecule has 1 aromatic heterocycles. The molecule has 0 atom stereocenters. The Bertz CT molecular complexity index is 579. The maximum Gasteiger partial charge on any atom is 0.261 e. The van der Waals surface area contributed by atoms with Crippen LogP contribution in [-0.4, -0.2) is 18.2 Å². The van der Waals surface area contributed by atoms with E-state index in [1.165, 1.54) is 6.07 Å². The summed E-state index contributed by atoms with van der Waals surface area (Å²) in [6, 6.07) is 8.31. The average Bonchev–Trinajstić information content (AvgIpc) is 2.70. The lowest BCUT2D eigenvalue weighted by Crippen LogP contribution is -2.01. The standard InChI is InChI=1S/C10H9ClN2O2S/c11-16(14,15)10-4-1-3-9(7-10)8-13-6-2-5-12-13/h1-7H,8H2. The molecular formula is C10H9ClN2O2S. The zero-order valence-electron chi connectivity index (χ0n) is 8.25. The second-order valence-electron chi connectivity index (χ2n) is 3.29. The van der Waals surface area contributed by atoms with E-state index < -0.39 is 9.05 Å². The molecule has 2 rings (SSSR count). The molecule has 84 valence electrons. The van der Waals surface area contributed by atoms with Gasteiger partial charge in [-0.05, 0) is 23.8 Å². The highest BCUT2D eigenvalue weighted by molar-refractivity contribution is 8.13. The average molecular weight is 257 g/mol. The summed E-state index contributed by atoms with van der Waals surface area (Å²) in [6.45, 7) is 0.521. The van der Waals surface area contributed by atoms with Crippen molar-refractivity contribution in [1.29, 1.82) is 0 Å². The van der Waals surface area contributed by atoms with Crippen molar-refractivity contribution in [2.45, 2.75) is 11.4 Å². The summed E-state index contributed by atoms with van der Waals surface area (Å²) in [5.74, 6) is 0. The van der Waals surface area contributed by atoms with Crippen LogP contribution in [0.3, 0.4) is 0 Å². The van der Waals surface area contributed by atoms with Gasteiger partial charge in [0.05, 0.1) is 11.4 Å². The fourth-order valence-corrected chi connectivity index (χ4v) is 2.20. The SMILES string of the molecule is O=S(=O)(Cl)c1cccc(Cn2cccn2)c1. The monoisotopic (exact) mass is 256 g/mol. The predicted molar refractivity (Wildman–Crippen MR) is 60.8 cm³/mol. The Morgan fingerprint density at radius 1 is 1.31 bits per heavy atom. The normalized spacial score (nSPS) is 11.6. The van der Waals surface area contributed by atoms with E-state index in [1.807, 2.05) is 18.3 Å². The number of benzene rings is 1. The lowest BCUT2D eigenvalue weighted by atomic mass is 10.2. The Hall–Kier alpha value is -1.33. The van der Waals surface area contributed by atoms with Crippen molar-refractivity contribution in [1.82, 2.24) is 9.78 Å². The third-order valence-electron chi connectivity index (χ3n) is 2.08. The molecule has 0 aliphatic rings. The van der Waals surface area contributed by atoms with Crippen LogP contribution in [0.25, 0.3) is 0 Å². The van der Waals surface area contributed by atoms with E-state index in [0.717, 1.165) is 5.56 Å². The molecule has 1 heterocycles. The second-order valence-corrected chi connectivity index (χ2v) is 5.85. The molecular weight excluding hydrogens is 248 g/mol. The smallest absolute Gasteiger partial charge is 0.261 e. The number of hydrogen-bond donors (Lipinski definition) is 0. The summed E-state index contributed by atoms with van der Waals surface area (Å²) in [4.78, 5) is 0.110. The second kappa shape index (κ2) is 4.27. The third kappa shape index (κ3) is 2.62. The first-order valence-corrected chi connectivity index (χ1v) is 6.88. The molecule has 0 spiro atoms. The van der Waals surface area contributed by atoms with Crippen molar-refractivity contribution in [2.24, 2.45) is 0 Å². The summed E-state index contributed by atoms with van der Waals surface area (Å²) in [6.07, 6.45) is 3.48. The van der Waals surface area contributed by atoms with Gasteiger partial charge in [0, 0.05) is 23.1 Å². The maximum atomic E-state index is 11.1. The Balaban J connectivity index is 2.30. The van der Waals surface area contributed by atoms with Gasteiger partial charge in [0.15, 0.2) is 0 Å².